The summed E-state index contributed by atoms with van der Waals surface area (Å²) in [4.78, 5) is 1.95. The molecule has 0 saturated carbocycles. The monoisotopic (exact) mass is 242 g/mol. The molecule has 16 heavy (non-hydrogen) atoms. The number of rotatable bonds is 6. The molecular formula is C12H17ClNO2. The van der Waals surface area contributed by atoms with Gasteiger partial charge >= 0.3 is 0 Å². The summed E-state index contributed by atoms with van der Waals surface area (Å²) in [7, 11) is 0. The van der Waals surface area contributed by atoms with Gasteiger partial charge in [0, 0.05) is 24.7 Å². The van der Waals surface area contributed by atoms with Crippen LogP contribution in [0.5, 0.6) is 0 Å². The van der Waals surface area contributed by atoms with Crippen molar-refractivity contribution in [2.75, 3.05) is 26.3 Å². The molecule has 0 unspecified atom stereocenters. The summed E-state index contributed by atoms with van der Waals surface area (Å²) in [6, 6.07) is 6.82. The molecule has 0 bridgehead atoms. The van der Waals surface area contributed by atoms with Crippen molar-refractivity contribution in [2.24, 2.45) is 0 Å². The van der Waals surface area contributed by atoms with Crippen molar-refractivity contribution in [3.05, 3.63) is 34.3 Å². The second-order valence-corrected chi connectivity index (χ2v) is 4.12. The molecule has 1 aromatic rings. The number of aliphatic hydroxyl groups is 2. The molecule has 4 heteroatoms. The van der Waals surface area contributed by atoms with Gasteiger partial charge in [-0.3, -0.25) is 4.90 Å². The van der Waals surface area contributed by atoms with E-state index < -0.39 is 0 Å². The minimum Gasteiger partial charge on any atom is -0.395 e. The largest absolute Gasteiger partial charge is 0.395 e. The third-order valence-corrected chi connectivity index (χ3v) is 2.70. The van der Waals surface area contributed by atoms with Gasteiger partial charge in [0.25, 0.3) is 0 Å². The van der Waals surface area contributed by atoms with Gasteiger partial charge < -0.3 is 10.2 Å². The molecule has 1 aromatic carbocycles. The van der Waals surface area contributed by atoms with Crippen LogP contribution in [0.2, 0.25) is 5.02 Å². The lowest BCUT2D eigenvalue weighted by Crippen LogP contribution is -2.29. The van der Waals surface area contributed by atoms with Gasteiger partial charge in [-0.1, -0.05) is 11.6 Å². The Labute approximate surface area is 101 Å². The standard InChI is InChI=1S/C12H17ClNO2/c1-10-2-3-11(12(13)8-10)9-14(4-6-15)5-7-16/h3,8,15-16H,4-7,9H2,1H3. The lowest BCUT2D eigenvalue weighted by Gasteiger charge is -2.20. The number of aryl methyl sites for hydroxylation is 1. The summed E-state index contributed by atoms with van der Waals surface area (Å²) in [5, 5.41) is 18.5. The third kappa shape index (κ3) is 4.10. The Morgan fingerprint density at radius 1 is 1.31 bits per heavy atom. The first-order valence-electron chi connectivity index (χ1n) is 5.28. The first-order valence-corrected chi connectivity index (χ1v) is 5.66. The Kier molecular flexibility index (Phi) is 5.77. The van der Waals surface area contributed by atoms with Crippen molar-refractivity contribution in [1.29, 1.82) is 0 Å². The van der Waals surface area contributed by atoms with Gasteiger partial charge in [0.15, 0.2) is 0 Å². The minimum absolute atomic E-state index is 0.0766. The van der Waals surface area contributed by atoms with Crippen molar-refractivity contribution in [3.8, 4) is 0 Å². The van der Waals surface area contributed by atoms with E-state index in [1.807, 2.05) is 24.0 Å². The topological polar surface area (TPSA) is 43.7 Å². The van der Waals surface area contributed by atoms with E-state index in [0.717, 1.165) is 11.1 Å². The van der Waals surface area contributed by atoms with E-state index in [1.165, 1.54) is 0 Å². The van der Waals surface area contributed by atoms with Crippen LogP contribution in [0.15, 0.2) is 12.1 Å². The Balaban J connectivity index is 2.68. The predicted octanol–water partition coefficient (Wildman–Crippen LogP) is 1.24. The lowest BCUT2D eigenvalue weighted by molar-refractivity contribution is 0.156. The number of nitrogens with zero attached hydrogens (tertiary/aromatic N) is 1. The van der Waals surface area contributed by atoms with Gasteiger partial charge in [-0.05, 0) is 36.2 Å². The van der Waals surface area contributed by atoms with Crippen LogP contribution in [-0.2, 0) is 6.54 Å². The maximum atomic E-state index is 8.89. The van der Waals surface area contributed by atoms with Crippen LogP contribution in [0.1, 0.15) is 11.1 Å². The van der Waals surface area contributed by atoms with Gasteiger partial charge in [-0.2, -0.15) is 0 Å². The lowest BCUT2D eigenvalue weighted by atomic mass is 10.1. The highest BCUT2D eigenvalue weighted by atomic mass is 35.5. The van der Waals surface area contributed by atoms with Crippen molar-refractivity contribution >= 4 is 11.6 Å². The summed E-state index contributed by atoms with van der Waals surface area (Å²) >= 11 is 6.10. The maximum absolute atomic E-state index is 8.89. The molecule has 1 rings (SSSR count). The van der Waals surface area contributed by atoms with E-state index in [-0.39, 0.29) is 13.2 Å². The molecule has 0 spiro atoms. The summed E-state index contributed by atoms with van der Waals surface area (Å²) < 4.78 is 0. The summed E-state index contributed by atoms with van der Waals surface area (Å²) in [6.07, 6.45) is 0. The number of benzene rings is 1. The number of halogens is 1. The molecule has 0 aliphatic rings. The predicted molar refractivity (Wildman–Crippen MR) is 64.5 cm³/mol. The maximum Gasteiger partial charge on any atom is 0.0558 e. The van der Waals surface area contributed by atoms with E-state index in [0.29, 0.717) is 24.7 Å². The van der Waals surface area contributed by atoms with Gasteiger partial charge in [-0.15, -0.1) is 0 Å². The molecule has 1 radical (unpaired) electrons. The molecule has 0 atom stereocenters. The van der Waals surface area contributed by atoms with Crippen molar-refractivity contribution in [1.82, 2.24) is 4.90 Å². The molecule has 0 aliphatic heterocycles. The second-order valence-electron chi connectivity index (χ2n) is 3.71. The van der Waals surface area contributed by atoms with Crippen LogP contribution in [0, 0.1) is 13.0 Å². The van der Waals surface area contributed by atoms with E-state index in [2.05, 4.69) is 6.07 Å². The van der Waals surface area contributed by atoms with Crippen LogP contribution >= 0.6 is 11.6 Å². The van der Waals surface area contributed by atoms with Crippen LogP contribution in [0.4, 0.5) is 0 Å². The number of aliphatic hydroxyl groups excluding tert-OH is 2. The zero-order valence-electron chi connectivity index (χ0n) is 9.41. The smallest absolute Gasteiger partial charge is 0.0558 e. The average Bonchev–Trinajstić information content (AvgIpc) is 2.23. The number of hydrogen-bond acceptors (Lipinski definition) is 3. The SMILES string of the molecule is Cc1[c]cc(CN(CCO)CCO)c(Cl)c1. The second kappa shape index (κ2) is 6.86. The molecule has 0 aliphatic carbocycles. The molecule has 3 nitrogen and oxygen atoms in total. The fourth-order valence-electron chi connectivity index (χ4n) is 1.51. The average molecular weight is 243 g/mol. The molecule has 2 N–H and O–H groups in total. The van der Waals surface area contributed by atoms with Crippen LogP contribution in [0.25, 0.3) is 0 Å². The van der Waals surface area contributed by atoms with Crippen molar-refractivity contribution in [3.63, 3.8) is 0 Å². The molecule has 89 valence electrons. The first kappa shape index (κ1) is 13.5. The highest BCUT2D eigenvalue weighted by molar-refractivity contribution is 6.31. The quantitative estimate of drug-likeness (QED) is 0.789. The summed E-state index contributed by atoms with van der Waals surface area (Å²) in [6.45, 7) is 3.78. The molecule has 0 aromatic heterocycles. The van der Waals surface area contributed by atoms with E-state index in [4.69, 9.17) is 21.8 Å². The highest BCUT2D eigenvalue weighted by Crippen LogP contribution is 2.18. The van der Waals surface area contributed by atoms with Crippen LogP contribution in [-0.4, -0.2) is 41.4 Å². The Hall–Kier alpha value is -0.610. The van der Waals surface area contributed by atoms with Crippen LogP contribution < -0.4 is 0 Å². The minimum atomic E-state index is 0.0766. The Morgan fingerprint density at radius 3 is 2.44 bits per heavy atom. The normalized spacial score (nSPS) is 11.1. The van der Waals surface area contributed by atoms with Crippen molar-refractivity contribution in [2.45, 2.75) is 13.5 Å². The number of hydrogen-bond donors (Lipinski definition) is 2. The first-order chi connectivity index (χ1) is 7.67. The molecule has 0 heterocycles. The molecular weight excluding hydrogens is 226 g/mol. The zero-order chi connectivity index (χ0) is 12.0. The van der Waals surface area contributed by atoms with Gasteiger partial charge in [0.05, 0.1) is 13.2 Å². The van der Waals surface area contributed by atoms with E-state index >= 15 is 0 Å². The zero-order valence-corrected chi connectivity index (χ0v) is 10.2. The summed E-state index contributed by atoms with van der Waals surface area (Å²) in [5.74, 6) is 0. The van der Waals surface area contributed by atoms with Crippen LogP contribution in [0.3, 0.4) is 0 Å². The molecule has 0 amide bonds. The highest BCUT2D eigenvalue weighted by Gasteiger charge is 2.07. The fraction of sp³-hybridized carbons (Fsp3) is 0.500. The fourth-order valence-corrected chi connectivity index (χ4v) is 1.79. The van der Waals surface area contributed by atoms with Gasteiger partial charge in [-0.25, -0.2) is 0 Å². The van der Waals surface area contributed by atoms with Gasteiger partial charge in [0.1, 0.15) is 0 Å². The molecule has 0 saturated heterocycles. The van der Waals surface area contributed by atoms with Crippen molar-refractivity contribution < 1.29 is 10.2 Å². The van der Waals surface area contributed by atoms with E-state index in [1.54, 1.807) is 0 Å². The summed E-state index contributed by atoms with van der Waals surface area (Å²) in [5.41, 5.74) is 1.97. The Morgan fingerprint density at radius 2 is 1.94 bits per heavy atom. The van der Waals surface area contributed by atoms with E-state index in [9.17, 15) is 0 Å². The Bertz CT molecular complexity index is 325. The third-order valence-electron chi connectivity index (χ3n) is 2.35. The molecule has 0 fully saturated rings. The van der Waals surface area contributed by atoms with Gasteiger partial charge in [0.2, 0.25) is 0 Å².